The van der Waals surface area contributed by atoms with E-state index in [-0.39, 0.29) is 23.8 Å². The van der Waals surface area contributed by atoms with Gasteiger partial charge in [0.15, 0.2) is 9.84 Å². The van der Waals surface area contributed by atoms with Gasteiger partial charge in [-0.15, -0.1) is 0 Å². The summed E-state index contributed by atoms with van der Waals surface area (Å²) in [5, 5.41) is 10.9. The molecule has 0 aromatic rings. The molecule has 1 aliphatic carbocycles. The van der Waals surface area contributed by atoms with Crippen LogP contribution in [0.15, 0.2) is 0 Å². The first-order valence-electron chi connectivity index (χ1n) is 5.69. The summed E-state index contributed by atoms with van der Waals surface area (Å²) in [5.41, 5.74) is 0. The van der Waals surface area contributed by atoms with Crippen molar-refractivity contribution in [2.75, 3.05) is 5.75 Å². The van der Waals surface area contributed by atoms with E-state index in [1.165, 1.54) is 0 Å². The third kappa shape index (κ3) is 2.38. The van der Waals surface area contributed by atoms with Crippen molar-refractivity contribution in [2.24, 2.45) is 0 Å². The normalized spacial score (nSPS) is 37.4. The van der Waals surface area contributed by atoms with Crippen molar-refractivity contribution in [2.45, 2.75) is 49.5 Å². The molecular formula is C10H17NO4S. The van der Waals surface area contributed by atoms with E-state index in [0.29, 0.717) is 25.7 Å². The summed E-state index contributed by atoms with van der Waals surface area (Å²) in [6, 6.07) is -0.0420. The number of aliphatic hydroxyl groups is 1. The van der Waals surface area contributed by atoms with Crippen LogP contribution in [0, 0.1) is 0 Å². The second-order valence-electron chi connectivity index (χ2n) is 4.68. The standard InChI is InChI=1S/C10H17NO4S/c12-8-5-7(6-8)11-10(13)9-3-1-2-4-16(9,14)15/h7-9,12H,1-6H2,(H,11,13). The minimum atomic E-state index is -3.24. The summed E-state index contributed by atoms with van der Waals surface area (Å²) in [7, 11) is -3.24. The van der Waals surface area contributed by atoms with E-state index >= 15 is 0 Å². The van der Waals surface area contributed by atoms with Crippen LogP contribution in [0.3, 0.4) is 0 Å². The second-order valence-corrected chi connectivity index (χ2v) is 6.99. The number of nitrogens with one attached hydrogen (secondary N) is 1. The summed E-state index contributed by atoms with van der Waals surface area (Å²) in [6.07, 6.45) is 2.63. The molecule has 92 valence electrons. The molecule has 2 N–H and O–H groups in total. The Labute approximate surface area is 95.1 Å². The zero-order chi connectivity index (χ0) is 11.8. The highest BCUT2D eigenvalue weighted by atomic mass is 32.2. The van der Waals surface area contributed by atoms with Crippen LogP contribution >= 0.6 is 0 Å². The van der Waals surface area contributed by atoms with Crippen molar-refractivity contribution < 1.29 is 18.3 Å². The fraction of sp³-hybridized carbons (Fsp3) is 0.900. The molecule has 1 saturated heterocycles. The number of aliphatic hydroxyl groups excluding tert-OH is 1. The van der Waals surface area contributed by atoms with Gasteiger partial charge in [0.2, 0.25) is 5.91 Å². The molecule has 1 unspecified atom stereocenters. The van der Waals surface area contributed by atoms with Gasteiger partial charge >= 0.3 is 0 Å². The van der Waals surface area contributed by atoms with E-state index in [4.69, 9.17) is 5.11 Å². The molecule has 1 amide bonds. The number of hydrogen-bond donors (Lipinski definition) is 2. The molecule has 0 spiro atoms. The van der Waals surface area contributed by atoms with E-state index in [9.17, 15) is 13.2 Å². The highest BCUT2D eigenvalue weighted by molar-refractivity contribution is 7.92. The lowest BCUT2D eigenvalue weighted by atomic mass is 9.89. The van der Waals surface area contributed by atoms with Gasteiger partial charge in [-0.3, -0.25) is 4.79 Å². The van der Waals surface area contributed by atoms with Gasteiger partial charge in [0.1, 0.15) is 5.25 Å². The van der Waals surface area contributed by atoms with Crippen molar-refractivity contribution in [1.82, 2.24) is 5.32 Å². The first kappa shape index (κ1) is 11.9. The van der Waals surface area contributed by atoms with E-state index in [1.807, 2.05) is 0 Å². The van der Waals surface area contributed by atoms with Gasteiger partial charge in [0.25, 0.3) is 0 Å². The lowest BCUT2D eigenvalue weighted by Crippen LogP contribution is -2.52. The largest absolute Gasteiger partial charge is 0.393 e. The predicted octanol–water partition coefficient (Wildman–Crippen LogP) is -0.407. The van der Waals surface area contributed by atoms with Gasteiger partial charge in [0, 0.05) is 6.04 Å². The molecule has 0 aromatic heterocycles. The molecule has 2 fully saturated rings. The number of amides is 1. The number of hydrogen-bond acceptors (Lipinski definition) is 4. The number of carbonyl (C=O) groups excluding carboxylic acids is 1. The van der Waals surface area contributed by atoms with E-state index < -0.39 is 15.1 Å². The minimum Gasteiger partial charge on any atom is -0.393 e. The maximum absolute atomic E-state index is 11.8. The minimum absolute atomic E-state index is 0.0420. The number of sulfone groups is 1. The predicted molar refractivity (Wildman–Crippen MR) is 58.6 cm³/mol. The Balaban J connectivity index is 1.93. The summed E-state index contributed by atoms with van der Waals surface area (Å²) < 4.78 is 23.3. The highest BCUT2D eigenvalue weighted by Crippen LogP contribution is 2.23. The maximum Gasteiger partial charge on any atom is 0.238 e. The Hall–Kier alpha value is -0.620. The second kappa shape index (κ2) is 4.33. The number of carbonyl (C=O) groups is 1. The first-order valence-corrected chi connectivity index (χ1v) is 7.40. The molecule has 1 atom stereocenters. The van der Waals surface area contributed by atoms with Crippen molar-refractivity contribution in [1.29, 1.82) is 0 Å². The Morgan fingerprint density at radius 2 is 1.94 bits per heavy atom. The van der Waals surface area contributed by atoms with E-state index in [1.54, 1.807) is 0 Å². The SMILES string of the molecule is O=C(NC1CC(O)C1)C1CCCCS1(=O)=O. The monoisotopic (exact) mass is 247 g/mol. The molecule has 1 saturated carbocycles. The zero-order valence-electron chi connectivity index (χ0n) is 9.05. The van der Waals surface area contributed by atoms with Crippen molar-refractivity contribution in [3.8, 4) is 0 Å². The first-order chi connectivity index (χ1) is 7.49. The maximum atomic E-state index is 11.8. The lowest BCUT2D eigenvalue weighted by Gasteiger charge is -2.33. The molecular weight excluding hydrogens is 230 g/mol. The molecule has 0 radical (unpaired) electrons. The van der Waals surface area contributed by atoms with Crippen LogP contribution < -0.4 is 5.32 Å². The summed E-state index contributed by atoms with van der Waals surface area (Å²) in [5.74, 6) is -0.255. The molecule has 0 aromatic carbocycles. The number of rotatable bonds is 2. The quantitative estimate of drug-likeness (QED) is 0.695. The van der Waals surface area contributed by atoms with E-state index in [2.05, 4.69) is 5.32 Å². The van der Waals surface area contributed by atoms with Gasteiger partial charge in [-0.05, 0) is 25.7 Å². The van der Waals surface area contributed by atoms with Gasteiger partial charge in [-0.25, -0.2) is 8.42 Å². The Bertz CT molecular complexity index is 372. The summed E-state index contributed by atoms with van der Waals surface area (Å²) in [4.78, 5) is 11.8. The molecule has 0 bridgehead atoms. The fourth-order valence-corrected chi connectivity index (χ4v) is 4.06. The van der Waals surface area contributed by atoms with Gasteiger partial charge in [-0.2, -0.15) is 0 Å². The Kier molecular flexibility index (Phi) is 3.21. The Morgan fingerprint density at radius 1 is 1.25 bits per heavy atom. The average Bonchev–Trinajstić information content (AvgIpc) is 2.14. The van der Waals surface area contributed by atoms with Crippen LogP contribution in [0.25, 0.3) is 0 Å². The van der Waals surface area contributed by atoms with Crippen LogP contribution in [-0.4, -0.2) is 42.6 Å². The average molecular weight is 247 g/mol. The summed E-state index contributed by atoms with van der Waals surface area (Å²) in [6.45, 7) is 0. The van der Waals surface area contributed by atoms with E-state index in [0.717, 1.165) is 6.42 Å². The topological polar surface area (TPSA) is 83.5 Å². The van der Waals surface area contributed by atoms with Crippen LogP contribution in [0.4, 0.5) is 0 Å². The van der Waals surface area contributed by atoms with Gasteiger partial charge in [0.05, 0.1) is 11.9 Å². The third-order valence-electron chi connectivity index (χ3n) is 3.33. The fourth-order valence-electron chi connectivity index (χ4n) is 2.25. The van der Waals surface area contributed by atoms with Gasteiger partial charge in [-0.1, -0.05) is 6.42 Å². The lowest BCUT2D eigenvalue weighted by molar-refractivity contribution is -0.122. The molecule has 1 heterocycles. The molecule has 2 rings (SSSR count). The van der Waals surface area contributed by atoms with Crippen LogP contribution in [0.5, 0.6) is 0 Å². The highest BCUT2D eigenvalue weighted by Gasteiger charge is 2.37. The third-order valence-corrected chi connectivity index (χ3v) is 5.51. The van der Waals surface area contributed by atoms with Gasteiger partial charge < -0.3 is 10.4 Å². The Morgan fingerprint density at radius 3 is 2.50 bits per heavy atom. The van der Waals surface area contributed by atoms with Crippen LogP contribution in [0.2, 0.25) is 0 Å². The molecule has 2 aliphatic rings. The smallest absolute Gasteiger partial charge is 0.238 e. The van der Waals surface area contributed by atoms with Crippen LogP contribution in [-0.2, 0) is 14.6 Å². The molecule has 6 heteroatoms. The molecule has 1 aliphatic heterocycles. The van der Waals surface area contributed by atoms with Crippen molar-refractivity contribution >= 4 is 15.7 Å². The zero-order valence-corrected chi connectivity index (χ0v) is 9.87. The van der Waals surface area contributed by atoms with Crippen LogP contribution in [0.1, 0.15) is 32.1 Å². The molecule has 16 heavy (non-hydrogen) atoms. The van der Waals surface area contributed by atoms with Crippen molar-refractivity contribution in [3.05, 3.63) is 0 Å². The van der Waals surface area contributed by atoms with Crippen molar-refractivity contribution in [3.63, 3.8) is 0 Å². The summed E-state index contributed by atoms with van der Waals surface area (Å²) >= 11 is 0. The molecule has 5 nitrogen and oxygen atoms in total.